The summed E-state index contributed by atoms with van der Waals surface area (Å²) in [5.74, 6) is 0.337. The van der Waals surface area contributed by atoms with Crippen LogP contribution in [0.25, 0.3) is 0 Å². The van der Waals surface area contributed by atoms with Gasteiger partial charge >= 0.3 is 0 Å². The normalized spacial score (nSPS) is 17.2. The molecule has 1 N–H and O–H groups in total. The SMILES string of the molecule is CCC(C)NS(=O)(=O)c1ccc(OCC(=O)N2c3ccccc3CC2C)cc1. The number of para-hydroxylation sites is 1. The maximum atomic E-state index is 12.7. The highest BCUT2D eigenvalue weighted by atomic mass is 32.2. The monoisotopic (exact) mass is 402 g/mol. The summed E-state index contributed by atoms with van der Waals surface area (Å²) < 4.78 is 32.8. The van der Waals surface area contributed by atoms with Crippen LogP contribution in [0.3, 0.4) is 0 Å². The summed E-state index contributed by atoms with van der Waals surface area (Å²) in [4.78, 5) is 14.6. The first kappa shape index (κ1) is 20.4. The molecule has 1 aliphatic rings. The van der Waals surface area contributed by atoms with Crippen LogP contribution >= 0.6 is 0 Å². The zero-order valence-electron chi connectivity index (χ0n) is 16.4. The van der Waals surface area contributed by atoms with Crippen LogP contribution in [-0.2, 0) is 21.2 Å². The van der Waals surface area contributed by atoms with Gasteiger partial charge in [-0.3, -0.25) is 4.79 Å². The maximum absolute atomic E-state index is 12.7. The number of carbonyl (C=O) groups is 1. The Labute approximate surface area is 166 Å². The van der Waals surface area contributed by atoms with Crippen molar-refractivity contribution >= 4 is 21.6 Å². The third kappa shape index (κ3) is 4.36. The highest BCUT2D eigenvalue weighted by Gasteiger charge is 2.30. The van der Waals surface area contributed by atoms with Gasteiger partial charge in [-0.15, -0.1) is 0 Å². The molecule has 0 aliphatic carbocycles. The second-order valence-electron chi connectivity index (χ2n) is 7.14. The molecule has 0 aromatic heterocycles. The topological polar surface area (TPSA) is 75.7 Å². The van der Waals surface area contributed by atoms with Crippen LogP contribution in [0.2, 0.25) is 0 Å². The summed E-state index contributed by atoms with van der Waals surface area (Å²) in [5.41, 5.74) is 2.09. The van der Waals surface area contributed by atoms with Gasteiger partial charge in [0.05, 0.1) is 4.90 Å². The fourth-order valence-electron chi connectivity index (χ4n) is 3.29. The van der Waals surface area contributed by atoms with Gasteiger partial charge in [0.1, 0.15) is 5.75 Å². The number of amides is 1. The largest absolute Gasteiger partial charge is 0.484 e. The van der Waals surface area contributed by atoms with Gasteiger partial charge in [0.25, 0.3) is 5.91 Å². The number of nitrogens with zero attached hydrogens (tertiary/aromatic N) is 1. The fourth-order valence-corrected chi connectivity index (χ4v) is 4.62. The highest BCUT2D eigenvalue weighted by Crippen LogP contribution is 2.31. The third-order valence-electron chi connectivity index (χ3n) is 4.94. The number of ether oxygens (including phenoxy) is 1. The summed E-state index contributed by atoms with van der Waals surface area (Å²) in [5, 5.41) is 0. The number of hydrogen-bond acceptors (Lipinski definition) is 4. The van der Waals surface area contributed by atoms with Crippen LogP contribution in [0, 0.1) is 0 Å². The number of hydrogen-bond donors (Lipinski definition) is 1. The number of fused-ring (bicyclic) bond motifs is 1. The number of nitrogens with one attached hydrogen (secondary N) is 1. The van der Waals surface area contributed by atoms with Crippen molar-refractivity contribution in [3.05, 3.63) is 54.1 Å². The Bertz CT molecular complexity index is 941. The smallest absolute Gasteiger partial charge is 0.265 e. The van der Waals surface area contributed by atoms with Crippen molar-refractivity contribution in [1.29, 1.82) is 0 Å². The zero-order chi connectivity index (χ0) is 20.3. The molecule has 0 saturated carbocycles. The highest BCUT2D eigenvalue weighted by molar-refractivity contribution is 7.89. The van der Waals surface area contributed by atoms with E-state index in [0.29, 0.717) is 12.2 Å². The van der Waals surface area contributed by atoms with Gasteiger partial charge < -0.3 is 9.64 Å². The van der Waals surface area contributed by atoms with Crippen molar-refractivity contribution in [3.8, 4) is 5.75 Å². The average Bonchev–Trinajstić information content (AvgIpc) is 3.01. The van der Waals surface area contributed by atoms with Crippen molar-refractivity contribution in [2.45, 2.75) is 50.6 Å². The van der Waals surface area contributed by atoms with E-state index in [0.717, 1.165) is 17.7 Å². The lowest BCUT2D eigenvalue weighted by Crippen LogP contribution is -2.39. The lowest BCUT2D eigenvalue weighted by molar-refractivity contribution is -0.120. The minimum atomic E-state index is -3.55. The second kappa shape index (κ2) is 8.32. The Morgan fingerprint density at radius 2 is 1.89 bits per heavy atom. The van der Waals surface area contributed by atoms with Crippen LogP contribution in [0.4, 0.5) is 5.69 Å². The van der Waals surface area contributed by atoms with Crippen molar-refractivity contribution in [2.24, 2.45) is 0 Å². The minimum absolute atomic E-state index is 0.0904. The molecule has 0 spiro atoms. The molecule has 0 radical (unpaired) electrons. The quantitative estimate of drug-likeness (QED) is 0.772. The van der Waals surface area contributed by atoms with E-state index < -0.39 is 10.0 Å². The molecule has 1 amide bonds. The van der Waals surface area contributed by atoms with Crippen molar-refractivity contribution in [2.75, 3.05) is 11.5 Å². The van der Waals surface area contributed by atoms with E-state index in [1.54, 1.807) is 17.0 Å². The van der Waals surface area contributed by atoms with Crippen molar-refractivity contribution < 1.29 is 17.9 Å². The Morgan fingerprint density at radius 3 is 2.57 bits per heavy atom. The molecule has 3 rings (SSSR count). The summed E-state index contributed by atoms with van der Waals surface area (Å²) in [6.45, 7) is 5.65. The van der Waals surface area contributed by atoms with Crippen LogP contribution in [0.5, 0.6) is 5.75 Å². The Hall–Kier alpha value is -2.38. The average molecular weight is 403 g/mol. The fraction of sp³-hybridized carbons (Fsp3) is 0.381. The van der Waals surface area contributed by atoms with Crippen LogP contribution < -0.4 is 14.4 Å². The first-order valence-corrected chi connectivity index (χ1v) is 10.9. The van der Waals surface area contributed by atoms with Crippen LogP contribution in [0.15, 0.2) is 53.4 Å². The molecule has 2 aromatic carbocycles. The molecular formula is C21H26N2O4S. The van der Waals surface area contributed by atoms with Gasteiger partial charge in [-0.05, 0) is 62.6 Å². The zero-order valence-corrected chi connectivity index (χ0v) is 17.2. The molecule has 2 atom stereocenters. The second-order valence-corrected chi connectivity index (χ2v) is 8.85. The summed E-state index contributed by atoms with van der Waals surface area (Å²) in [6.07, 6.45) is 1.54. The molecule has 7 heteroatoms. The molecule has 0 fully saturated rings. The molecule has 1 heterocycles. The first-order valence-electron chi connectivity index (χ1n) is 9.47. The van der Waals surface area contributed by atoms with Crippen molar-refractivity contribution in [3.63, 3.8) is 0 Å². The molecule has 0 bridgehead atoms. The van der Waals surface area contributed by atoms with E-state index in [1.807, 2.05) is 45.0 Å². The summed E-state index contributed by atoms with van der Waals surface area (Å²) >= 11 is 0. The molecule has 28 heavy (non-hydrogen) atoms. The minimum Gasteiger partial charge on any atom is -0.484 e. The summed E-state index contributed by atoms with van der Waals surface area (Å²) in [7, 11) is -3.55. The molecule has 1 aliphatic heterocycles. The number of benzene rings is 2. The number of anilines is 1. The standard InChI is InChI=1S/C21H26N2O4S/c1-4-15(2)22-28(25,26)19-11-9-18(10-12-19)27-14-21(24)23-16(3)13-17-7-5-6-8-20(17)23/h5-12,15-16,22H,4,13-14H2,1-3H3. The molecular weight excluding hydrogens is 376 g/mol. The van der Waals surface area contributed by atoms with Crippen molar-refractivity contribution in [1.82, 2.24) is 4.72 Å². The van der Waals surface area contributed by atoms with Gasteiger partial charge in [-0.2, -0.15) is 0 Å². The number of carbonyl (C=O) groups excluding carboxylic acids is 1. The van der Waals surface area contributed by atoms with Gasteiger partial charge in [-0.1, -0.05) is 25.1 Å². The van der Waals surface area contributed by atoms with E-state index in [2.05, 4.69) is 4.72 Å². The van der Waals surface area contributed by atoms with E-state index in [4.69, 9.17) is 4.74 Å². The molecule has 6 nitrogen and oxygen atoms in total. The van der Waals surface area contributed by atoms with Crippen LogP contribution in [0.1, 0.15) is 32.8 Å². The first-order chi connectivity index (χ1) is 13.3. The number of rotatable bonds is 7. The summed E-state index contributed by atoms with van der Waals surface area (Å²) in [6, 6.07) is 13.9. The molecule has 2 aromatic rings. The third-order valence-corrected chi connectivity index (χ3v) is 6.55. The number of sulfonamides is 1. The molecule has 0 saturated heterocycles. The van der Waals surface area contributed by atoms with Gasteiger partial charge in [-0.25, -0.2) is 13.1 Å². The predicted octanol–water partition coefficient (Wildman–Crippen LogP) is 3.12. The lowest BCUT2D eigenvalue weighted by atomic mass is 10.1. The predicted molar refractivity (Wildman–Crippen MR) is 109 cm³/mol. The van der Waals surface area contributed by atoms with Gasteiger partial charge in [0.15, 0.2) is 6.61 Å². The van der Waals surface area contributed by atoms with E-state index in [-0.39, 0.29) is 29.5 Å². The maximum Gasteiger partial charge on any atom is 0.265 e. The Kier molecular flexibility index (Phi) is 6.05. The Balaban J connectivity index is 1.63. The molecule has 2 unspecified atom stereocenters. The lowest BCUT2D eigenvalue weighted by Gasteiger charge is -2.22. The van der Waals surface area contributed by atoms with Gasteiger partial charge in [0, 0.05) is 17.8 Å². The Morgan fingerprint density at radius 1 is 1.21 bits per heavy atom. The van der Waals surface area contributed by atoms with E-state index in [1.165, 1.54) is 12.1 Å². The molecule has 150 valence electrons. The van der Waals surface area contributed by atoms with E-state index in [9.17, 15) is 13.2 Å². The van der Waals surface area contributed by atoms with Gasteiger partial charge in [0.2, 0.25) is 10.0 Å². The van der Waals surface area contributed by atoms with E-state index >= 15 is 0 Å². The van der Waals surface area contributed by atoms with Crippen LogP contribution in [-0.4, -0.2) is 33.0 Å².